The van der Waals surface area contributed by atoms with Gasteiger partial charge in [0.25, 0.3) is 0 Å². The lowest BCUT2D eigenvalue weighted by Gasteiger charge is -2.56. The van der Waals surface area contributed by atoms with Gasteiger partial charge < -0.3 is 5.11 Å². The van der Waals surface area contributed by atoms with Crippen LogP contribution in [-0.4, -0.2) is 11.2 Å². The number of hydrogen-bond acceptors (Lipinski definition) is 1. The van der Waals surface area contributed by atoms with Crippen LogP contribution < -0.4 is 0 Å². The molecule has 0 bridgehead atoms. The molecule has 0 aromatic rings. The zero-order chi connectivity index (χ0) is 14.7. The molecule has 114 valence electrons. The third-order valence-electron chi connectivity index (χ3n) is 7.26. The first kappa shape index (κ1) is 14.6. The second kappa shape index (κ2) is 4.60. The maximum absolute atomic E-state index is 10.3. The Morgan fingerprint density at radius 1 is 1.15 bits per heavy atom. The Hall–Kier alpha value is -0.300. The van der Waals surface area contributed by atoms with Crippen molar-refractivity contribution < 1.29 is 5.11 Å². The Morgan fingerprint density at radius 2 is 1.80 bits per heavy atom. The summed E-state index contributed by atoms with van der Waals surface area (Å²) < 4.78 is 0. The molecule has 3 aliphatic rings. The van der Waals surface area contributed by atoms with E-state index in [2.05, 4.69) is 40.7 Å². The summed E-state index contributed by atoms with van der Waals surface area (Å²) in [6, 6.07) is 0. The van der Waals surface area contributed by atoms with Gasteiger partial charge in [-0.05, 0) is 79.1 Å². The van der Waals surface area contributed by atoms with Gasteiger partial charge in [-0.25, -0.2) is 0 Å². The summed E-state index contributed by atoms with van der Waals surface area (Å²) >= 11 is 0. The Labute approximate surface area is 124 Å². The predicted octanol–water partition coefficient (Wildman–Crippen LogP) is 4.80. The summed E-state index contributed by atoms with van der Waals surface area (Å²) in [4.78, 5) is 0. The molecule has 0 aromatic heterocycles. The normalized spacial score (nSPS) is 51.6. The third-order valence-corrected chi connectivity index (χ3v) is 7.26. The fraction of sp³-hybridized carbons (Fsp3) is 0.895. The Balaban J connectivity index is 2.02. The van der Waals surface area contributed by atoms with Gasteiger partial charge in [-0.1, -0.05) is 33.8 Å². The lowest BCUT2D eigenvalue weighted by Crippen LogP contribution is -2.49. The largest absolute Gasteiger partial charge is 0.389 e. The molecule has 2 fully saturated rings. The lowest BCUT2D eigenvalue weighted by molar-refractivity contribution is -0.0495. The van der Waals surface area contributed by atoms with Crippen molar-refractivity contribution in [2.45, 2.75) is 72.8 Å². The summed E-state index contributed by atoms with van der Waals surface area (Å²) in [5.74, 6) is 3.21. The Morgan fingerprint density at radius 3 is 2.45 bits per heavy atom. The topological polar surface area (TPSA) is 20.2 Å². The van der Waals surface area contributed by atoms with E-state index in [0.29, 0.717) is 16.7 Å². The molecule has 1 heteroatoms. The van der Waals surface area contributed by atoms with Crippen LogP contribution in [0.3, 0.4) is 0 Å². The van der Waals surface area contributed by atoms with Gasteiger partial charge in [-0.3, -0.25) is 0 Å². The monoisotopic (exact) mass is 276 g/mol. The summed E-state index contributed by atoms with van der Waals surface area (Å²) in [5.41, 5.74) is 2.12. The van der Waals surface area contributed by atoms with E-state index in [1.807, 2.05) is 0 Å². The van der Waals surface area contributed by atoms with E-state index in [1.54, 1.807) is 0 Å². The third kappa shape index (κ3) is 2.00. The van der Waals surface area contributed by atoms with Gasteiger partial charge in [0.15, 0.2) is 0 Å². The molecule has 0 heterocycles. The van der Waals surface area contributed by atoms with Gasteiger partial charge in [0, 0.05) is 0 Å². The first-order valence-corrected chi connectivity index (χ1v) is 8.63. The van der Waals surface area contributed by atoms with Crippen molar-refractivity contribution in [1.82, 2.24) is 0 Å². The van der Waals surface area contributed by atoms with Crippen LogP contribution in [0.5, 0.6) is 0 Å². The summed E-state index contributed by atoms with van der Waals surface area (Å²) in [5, 5.41) is 10.3. The fourth-order valence-corrected chi connectivity index (χ4v) is 5.81. The van der Waals surface area contributed by atoms with Crippen molar-refractivity contribution in [3.8, 4) is 0 Å². The maximum Gasteiger partial charge on any atom is 0.0752 e. The minimum atomic E-state index is -0.195. The molecule has 0 radical (unpaired) electrons. The van der Waals surface area contributed by atoms with E-state index in [9.17, 15) is 5.11 Å². The van der Waals surface area contributed by atoms with Gasteiger partial charge >= 0.3 is 0 Å². The molecule has 2 saturated carbocycles. The van der Waals surface area contributed by atoms with Crippen LogP contribution in [0.2, 0.25) is 0 Å². The molecule has 6 atom stereocenters. The van der Waals surface area contributed by atoms with E-state index in [1.165, 1.54) is 31.3 Å². The fourth-order valence-electron chi connectivity index (χ4n) is 5.81. The highest BCUT2D eigenvalue weighted by Gasteiger charge is 2.57. The van der Waals surface area contributed by atoms with Crippen LogP contribution in [0, 0.1) is 34.5 Å². The summed E-state index contributed by atoms with van der Waals surface area (Å²) in [6.07, 6.45) is 8.76. The smallest absolute Gasteiger partial charge is 0.0752 e. The highest BCUT2D eigenvalue weighted by Crippen LogP contribution is 2.65. The van der Waals surface area contributed by atoms with E-state index >= 15 is 0 Å². The second-order valence-electron chi connectivity index (χ2n) is 8.94. The van der Waals surface area contributed by atoms with E-state index in [-0.39, 0.29) is 6.10 Å². The zero-order valence-corrected chi connectivity index (χ0v) is 13.9. The van der Waals surface area contributed by atoms with E-state index in [0.717, 1.165) is 24.2 Å². The lowest BCUT2D eigenvalue weighted by atomic mass is 9.49. The zero-order valence-electron chi connectivity index (χ0n) is 13.9. The van der Waals surface area contributed by atoms with Crippen LogP contribution >= 0.6 is 0 Å². The van der Waals surface area contributed by atoms with Crippen LogP contribution in [0.25, 0.3) is 0 Å². The summed E-state index contributed by atoms with van der Waals surface area (Å²) in [6.45, 7) is 12.0. The van der Waals surface area contributed by atoms with Crippen molar-refractivity contribution in [3.63, 3.8) is 0 Å². The molecule has 20 heavy (non-hydrogen) atoms. The molecule has 0 saturated heterocycles. The Bertz CT molecular complexity index is 423. The standard InChI is InChI=1S/C19H32O/c1-12(2)14-6-7-18(4)8-9-19(5)11-16(20)13(3)10-15(19)17(14)18/h10,12,14-17,20H,6-9,11H2,1-5H3/t14-,15+,16+,17+,18+,19-/m0/s1. The summed E-state index contributed by atoms with van der Waals surface area (Å²) in [7, 11) is 0. The van der Waals surface area contributed by atoms with Gasteiger partial charge in [0.05, 0.1) is 6.10 Å². The average Bonchev–Trinajstić information content (AvgIpc) is 2.70. The average molecular weight is 276 g/mol. The van der Waals surface area contributed by atoms with Gasteiger partial charge in [-0.15, -0.1) is 0 Å². The van der Waals surface area contributed by atoms with Crippen molar-refractivity contribution in [3.05, 3.63) is 11.6 Å². The van der Waals surface area contributed by atoms with E-state index < -0.39 is 0 Å². The Kier molecular flexibility index (Phi) is 3.36. The van der Waals surface area contributed by atoms with Gasteiger partial charge in [-0.2, -0.15) is 0 Å². The van der Waals surface area contributed by atoms with Crippen molar-refractivity contribution >= 4 is 0 Å². The maximum atomic E-state index is 10.3. The van der Waals surface area contributed by atoms with Crippen molar-refractivity contribution in [2.24, 2.45) is 34.5 Å². The van der Waals surface area contributed by atoms with Crippen LogP contribution in [-0.2, 0) is 0 Å². The molecule has 0 aromatic carbocycles. The minimum absolute atomic E-state index is 0.195. The number of fused-ring (bicyclic) bond motifs is 3. The number of aliphatic hydroxyl groups excluding tert-OH is 1. The molecular weight excluding hydrogens is 244 g/mol. The highest BCUT2D eigenvalue weighted by molar-refractivity contribution is 5.21. The van der Waals surface area contributed by atoms with Crippen LogP contribution in [0.1, 0.15) is 66.7 Å². The number of allylic oxidation sites excluding steroid dienone is 1. The van der Waals surface area contributed by atoms with Crippen molar-refractivity contribution in [1.29, 1.82) is 0 Å². The van der Waals surface area contributed by atoms with Gasteiger partial charge in [0.2, 0.25) is 0 Å². The molecule has 1 N–H and O–H groups in total. The minimum Gasteiger partial charge on any atom is -0.389 e. The first-order chi connectivity index (χ1) is 9.27. The number of hydrogen-bond donors (Lipinski definition) is 1. The molecule has 0 spiro atoms. The molecule has 0 amide bonds. The van der Waals surface area contributed by atoms with Crippen molar-refractivity contribution in [2.75, 3.05) is 0 Å². The SMILES string of the molecule is CC1=C[C@@H]2[C@H]3[C@H](C(C)C)CC[C@]3(C)CC[C@@]2(C)C[C@H]1O. The van der Waals surface area contributed by atoms with E-state index in [4.69, 9.17) is 0 Å². The number of rotatable bonds is 1. The van der Waals surface area contributed by atoms with Crippen LogP contribution in [0.4, 0.5) is 0 Å². The quantitative estimate of drug-likeness (QED) is 0.682. The molecule has 0 aliphatic heterocycles. The molecule has 0 unspecified atom stereocenters. The molecular formula is C19H32O. The second-order valence-corrected chi connectivity index (χ2v) is 8.94. The van der Waals surface area contributed by atoms with Crippen LogP contribution in [0.15, 0.2) is 11.6 Å². The molecule has 1 nitrogen and oxygen atoms in total. The predicted molar refractivity (Wildman–Crippen MR) is 84.4 cm³/mol. The highest BCUT2D eigenvalue weighted by atomic mass is 16.3. The number of aliphatic hydroxyl groups is 1. The first-order valence-electron chi connectivity index (χ1n) is 8.63. The molecule has 3 aliphatic carbocycles. The van der Waals surface area contributed by atoms with Gasteiger partial charge in [0.1, 0.15) is 0 Å². The molecule has 3 rings (SSSR count).